The first-order valence-electron chi connectivity index (χ1n) is 6.83. The molecule has 0 aliphatic rings. The minimum absolute atomic E-state index is 0.146. The quantitative estimate of drug-likeness (QED) is 0.657. The molecule has 0 saturated carbocycles. The lowest BCUT2D eigenvalue weighted by molar-refractivity contribution is -0.122. The van der Waals surface area contributed by atoms with E-state index in [1.54, 1.807) is 24.3 Å². The van der Waals surface area contributed by atoms with Gasteiger partial charge >= 0.3 is 0 Å². The molecule has 0 spiro atoms. The number of terminal acetylenes is 1. The predicted octanol–water partition coefficient (Wildman–Crippen LogP) is 2.18. The van der Waals surface area contributed by atoms with Crippen LogP contribution in [0.3, 0.4) is 0 Å². The Balaban J connectivity index is 1.96. The number of rotatable bonds is 6. The molecule has 0 radical (unpaired) electrons. The van der Waals surface area contributed by atoms with Crippen LogP contribution in [0.25, 0.3) is 0 Å². The fourth-order valence-electron chi connectivity index (χ4n) is 1.82. The molecule has 4 nitrogen and oxygen atoms in total. The van der Waals surface area contributed by atoms with E-state index < -0.39 is 5.82 Å². The molecule has 0 aliphatic heterocycles. The zero-order valence-corrected chi connectivity index (χ0v) is 12.2. The first kappa shape index (κ1) is 16.2. The van der Waals surface area contributed by atoms with E-state index in [0.29, 0.717) is 16.9 Å². The van der Waals surface area contributed by atoms with Gasteiger partial charge in [-0.25, -0.2) is 4.39 Å². The third kappa shape index (κ3) is 4.68. The van der Waals surface area contributed by atoms with Gasteiger partial charge in [0.1, 0.15) is 11.6 Å². The molecule has 0 aromatic heterocycles. The Labute approximate surface area is 133 Å². The minimum Gasteiger partial charge on any atom is -0.484 e. The molecule has 0 atom stereocenters. The summed E-state index contributed by atoms with van der Waals surface area (Å²) >= 11 is 0. The van der Waals surface area contributed by atoms with Gasteiger partial charge in [-0.05, 0) is 48.5 Å². The summed E-state index contributed by atoms with van der Waals surface area (Å²) in [7, 11) is 0. The van der Waals surface area contributed by atoms with Crippen LogP contribution >= 0.6 is 0 Å². The second-order valence-electron chi connectivity index (χ2n) is 4.63. The van der Waals surface area contributed by atoms with Crippen LogP contribution < -0.4 is 10.1 Å². The van der Waals surface area contributed by atoms with Crippen molar-refractivity contribution in [1.82, 2.24) is 5.32 Å². The number of hydrogen-bond acceptors (Lipinski definition) is 3. The summed E-state index contributed by atoms with van der Waals surface area (Å²) in [5, 5.41) is 2.47. The molecule has 5 heteroatoms. The number of ketones is 1. The number of amides is 1. The molecule has 0 fully saturated rings. The summed E-state index contributed by atoms with van der Waals surface area (Å²) in [4.78, 5) is 23.6. The molecule has 0 unspecified atom stereocenters. The highest BCUT2D eigenvalue weighted by Crippen LogP contribution is 2.15. The fourth-order valence-corrected chi connectivity index (χ4v) is 1.82. The van der Waals surface area contributed by atoms with Crippen molar-refractivity contribution >= 4 is 11.7 Å². The molecule has 116 valence electrons. The smallest absolute Gasteiger partial charge is 0.258 e. The highest BCUT2D eigenvalue weighted by molar-refractivity contribution is 6.09. The van der Waals surface area contributed by atoms with Crippen LogP contribution in [0.2, 0.25) is 0 Å². The van der Waals surface area contributed by atoms with Gasteiger partial charge in [0.25, 0.3) is 5.91 Å². The number of nitrogens with one attached hydrogen (secondary N) is 1. The minimum atomic E-state index is -0.395. The second kappa shape index (κ2) is 7.76. The molecule has 0 saturated heterocycles. The first-order chi connectivity index (χ1) is 11.1. The van der Waals surface area contributed by atoms with Crippen LogP contribution in [-0.2, 0) is 4.79 Å². The maximum absolute atomic E-state index is 12.9. The first-order valence-corrected chi connectivity index (χ1v) is 6.83. The van der Waals surface area contributed by atoms with E-state index in [2.05, 4.69) is 11.2 Å². The van der Waals surface area contributed by atoms with Gasteiger partial charge in [0.05, 0.1) is 6.54 Å². The summed E-state index contributed by atoms with van der Waals surface area (Å²) in [5.74, 6) is 1.80. The molecule has 0 bridgehead atoms. The van der Waals surface area contributed by atoms with Gasteiger partial charge in [0.2, 0.25) is 0 Å². The number of halogens is 1. The van der Waals surface area contributed by atoms with Crippen molar-refractivity contribution in [3.8, 4) is 18.1 Å². The molecule has 2 aromatic carbocycles. The molecular weight excluding hydrogens is 297 g/mol. The predicted molar refractivity (Wildman–Crippen MR) is 83.6 cm³/mol. The number of hydrogen-bond donors (Lipinski definition) is 1. The Morgan fingerprint density at radius 1 is 1.04 bits per heavy atom. The lowest BCUT2D eigenvalue weighted by atomic mass is 10.0. The highest BCUT2D eigenvalue weighted by Gasteiger charge is 2.09. The topological polar surface area (TPSA) is 55.4 Å². The molecule has 2 aromatic rings. The van der Waals surface area contributed by atoms with Crippen molar-refractivity contribution in [3.63, 3.8) is 0 Å². The van der Waals surface area contributed by atoms with Crippen LogP contribution in [0.15, 0.2) is 48.5 Å². The SMILES string of the molecule is C#CCNC(=O)COc1ccc(C(=O)c2ccc(F)cc2)cc1. The van der Waals surface area contributed by atoms with E-state index in [9.17, 15) is 14.0 Å². The largest absolute Gasteiger partial charge is 0.484 e. The number of carbonyl (C=O) groups excluding carboxylic acids is 2. The Bertz CT molecular complexity index is 730. The van der Waals surface area contributed by atoms with Gasteiger partial charge in [-0.15, -0.1) is 6.42 Å². The standard InChI is InChI=1S/C18H14FNO3/c1-2-11-20-17(21)12-23-16-9-5-14(6-10-16)18(22)13-3-7-15(19)8-4-13/h1,3-10H,11-12H2,(H,20,21). The van der Waals surface area contributed by atoms with Crippen LogP contribution in [0.4, 0.5) is 4.39 Å². The third-order valence-corrected chi connectivity index (χ3v) is 2.98. The average Bonchev–Trinajstić information content (AvgIpc) is 2.58. The summed E-state index contributed by atoms with van der Waals surface area (Å²) in [6, 6.07) is 11.7. The van der Waals surface area contributed by atoms with Crippen LogP contribution in [0.5, 0.6) is 5.75 Å². The highest BCUT2D eigenvalue weighted by atomic mass is 19.1. The summed E-state index contributed by atoms with van der Waals surface area (Å²) in [6.07, 6.45) is 5.03. The van der Waals surface area contributed by atoms with Crippen molar-refractivity contribution in [2.45, 2.75) is 0 Å². The van der Waals surface area contributed by atoms with E-state index in [4.69, 9.17) is 11.2 Å². The maximum atomic E-state index is 12.9. The summed E-state index contributed by atoms with van der Waals surface area (Å²) in [6.45, 7) is -0.0137. The van der Waals surface area contributed by atoms with Crippen LogP contribution in [0, 0.1) is 18.2 Å². The molecule has 1 N–H and O–H groups in total. The Hall–Kier alpha value is -3.13. The van der Waals surface area contributed by atoms with E-state index in [0.717, 1.165) is 0 Å². The number of benzene rings is 2. The third-order valence-electron chi connectivity index (χ3n) is 2.98. The van der Waals surface area contributed by atoms with Crippen molar-refractivity contribution in [2.75, 3.05) is 13.2 Å². The van der Waals surface area contributed by atoms with Crippen LogP contribution in [-0.4, -0.2) is 24.8 Å². The summed E-state index contributed by atoms with van der Waals surface area (Å²) in [5.41, 5.74) is 0.842. The fraction of sp³-hybridized carbons (Fsp3) is 0.111. The van der Waals surface area contributed by atoms with Gasteiger partial charge in [-0.1, -0.05) is 5.92 Å². The average molecular weight is 311 g/mol. The Morgan fingerprint density at radius 2 is 1.61 bits per heavy atom. The van der Waals surface area contributed by atoms with Gasteiger partial charge in [-0.2, -0.15) is 0 Å². The van der Waals surface area contributed by atoms with Crippen molar-refractivity contribution in [2.24, 2.45) is 0 Å². The van der Waals surface area contributed by atoms with Gasteiger partial charge < -0.3 is 10.1 Å². The Morgan fingerprint density at radius 3 is 2.17 bits per heavy atom. The van der Waals surface area contributed by atoms with Gasteiger partial charge in [0, 0.05) is 11.1 Å². The van der Waals surface area contributed by atoms with E-state index in [1.165, 1.54) is 24.3 Å². The summed E-state index contributed by atoms with van der Waals surface area (Å²) < 4.78 is 18.1. The van der Waals surface area contributed by atoms with E-state index in [-0.39, 0.29) is 24.8 Å². The van der Waals surface area contributed by atoms with Gasteiger partial charge in [-0.3, -0.25) is 9.59 Å². The van der Waals surface area contributed by atoms with Crippen molar-refractivity contribution in [1.29, 1.82) is 0 Å². The lowest BCUT2D eigenvalue weighted by Gasteiger charge is -2.07. The number of ether oxygens (including phenoxy) is 1. The molecule has 23 heavy (non-hydrogen) atoms. The molecule has 1 amide bonds. The molecule has 0 aliphatic carbocycles. The second-order valence-corrected chi connectivity index (χ2v) is 4.63. The molecule has 0 heterocycles. The van der Waals surface area contributed by atoms with Crippen LogP contribution in [0.1, 0.15) is 15.9 Å². The van der Waals surface area contributed by atoms with E-state index >= 15 is 0 Å². The monoisotopic (exact) mass is 311 g/mol. The lowest BCUT2D eigenvalue weighted by Crippen LogP contribution is -2.29. The number of carbonyl (C=O) groups is 2. The maximum Gasteiger partial charge on any atom is 0.258 e. The molecular formula is C18H14FNO3. The zero-order valence-electron chi connectivity index (χ0n) is 12.2. The van der Waals surface area contributed by atoms with Gasteiger partial charge in [0.15, 0.2) is 12.4 Å². The Kier molecular flexibility index (Phi) is 5.48. The van der Waals surface area contributed by atoms with Crippen molar-refractivity contribution in [3.05, 3.63) is 65.5 Å². The van der Waals surface area contributed by atoms with Crippen molar-refractivity contribution < 1.29 is 18.7 Å². The zero-order chi connectivity index (χ0) is 16.7. The molecule has 2 rings (SSSR count). The normalized spacial score (nSPS) is 9.74. The van der Waals surface area contributed by atoms with E-state index in [1.807, 2.05) is 0 Å².